The fourth-order valence-corrected chi connectivity index (χ4v) is 5.52. The smallest absolute Gasteiger partial charge is 0.184 e. The molecular weight excluding hydrogens is 240 g/mol. The van der Waals surface area contributed by atoms with Crippen LogP contribution in [0.1, 0.15) is 46.5 Å². The lowest BCUT2D eigenvalue weighted by Crippen LogP contribution is -2.47. The summed E-state index contributed by atoms with van der Waals surface area (Å²) in [5, 5.41) is 0. The summed E-state index contributed by atoms with van der Waals surface area (Å²) in [5.74, 6) is 0.617. The minimum absolute atomic E-state index is 0.164. The lowest BCUT2D eigenvalue weighted by Gasteiger charge is -2.45. The van der Waals surface area contributed by atoms with Crippen molar-refractivity contribution in [1.29, 1.82) is 0 Å². The highest BCUT2D eigenvalue weighted by molar-refractivity contribution is 6.69. The highest BCUT2D eigenvalue weighted by atomic mass is 28.4. The average molecular weight is 268 g/mol. The number of fused-ring (bicyclic) bond motifs is 1. The van der Waals surface area contributed by atoms with Crippen LogP contribution in [0.15, 0.2) is 0 Å². The minimum Gasteiger partial charge on any atom is -0.414 e. The molecule has 0 bridgehead atoms. The summed E-state index contributed by atoms with van der Waals surface area (Å²) >= 11 is 0. The summed E-state index contributed by atoms with van der Waals surface area (Å²) in [6, 6.07) is 0. The Kier molecular flexibility index (Phi) is 3.30. The van der Waals surface area contributed by atoms with Crippen molar-refractivity contribution in [2.75, 3.05) is 0 Å². The van der Waals surface area contributed by atoms with E-state index in [1.807, 2.05) is 0 Å². The Morgan fingerprint density at radius 3 is 2.39 bits per heavy atom. The number of hydrogen-bond acceptors (Lipinski definition) is 2. The average Bonchev–Trinajstić information content (AvgIpc) is 2.36. The van der Waals surface area contributed by atoms with Crippen LogP contribution in [0.4, 0.5) is 0 Å². The van der Waals surface area contributed by atoms with Gasteiger partial charge in [0, 0.05) is 12.3 Å². The van der Waals surface area contributed by atoms with E-state index in [0.717, 1.165) is 19.3 Å². The number of Topliss-reactive ketones (excluding diaryl/α,β-unsaturated/α-hetero) is 1. The largest absolute Gasteiger partial charge is 0.414 e. The van der Waals surface area contributed by atoms with Crippen molar-refractivity contribution >= 4 is 14.1 Å². The zero-order valence-electron chi connectivity index (χ0n) is 12.8. The molecule has 18 heavy (non-hydrogen) atoms. The molecular formula is C15H28O2Si. The normalized spacial score (nSPS) is 39.8. The Labute approximate surface area is 113 Å². The predicted octanol–water partition coefficient (Wildman–Crippen LogP) is 4.01. The SMILES string of the molecule is CC1(C)CC(=O)[C@H]2[C@@H](O[Si](C)(C)C)CC[C@@]2(C)C1. The summed E-state index contributed by atoms with van der Waals surface area (Å²) in [4.78, 5) is 12.5. The van der Waals surface area contributed by atoms with Gasteiger partial charge in [0.15, 0.2) is 8.32 Å². The molecule has 0 N–H and O–H groups in total. The molecule has 104 valence electrons. The summed E-state index contributed by atoms with van der Waals surface area (Å²) in [6.07, 6.45) is 4.33. The highest BCUT2D eigenvalue weighted by Crippen LogP contribution is 2.56. The van der Waals surface area contributed by atoms with Gasteiger partial charge < -0.3 is 4.43 Å². The molecule has 0 amide bonds. The first kappa shape index (κ1) is 14.3. The van der Waals surface area contributed by atoms with Gasteiger partial charge in [0.1, 0.15) is 5.78 Å². The first-order valence-electron chi connectivity index (χ1n) is 7.23. The Bertz CT molecular complexity index is 356. The van der Waals surface area contributed by atoms with E-state index in [4.69, 9.17) is 4.43 Å². The third-order valence-corrected chi connectivity index (χ3v) is 5.52. The van der Waals surface area contributed by atoms with Crippen molar-refractivity contribution < 1.29 is 9.22 Å². The first-order chi connectivity index (χ1) is 8.03. The second kappa shape index (κ2) is 4.17. The van der Waals surface area contributed by atoms with E-state index < -0.39 is 8.32 Å². The molecule has 2 aliphatic rings. The Morgan fingerprint density at radius 2 is 1.83 bits per heavy atom. The predicted molar refractivity (Wildman–Crippen MR) is 77.1 cm³/mol. The standard InChI is InChI=1S/C15H28O2Si/c1-14(2)9-11(16)13-12(17-18(4,5)6)7-8-15(13,3)10-14/h12-13H,7-10H2,1-6H3/t12-,13-,15-/m0/s1. The van der Waals surface area contributed by atoms with Crippen LogP contribution in [0.25, 0.3) is 0 Å². The van der Waals surface area contributed by atoms with Gasteiger partial charge >= 0.3 is 0 Å². The monoisotopic (exact) mass is 268 g/mol. The number of hydrogen-bond donors (Lipinski definition) is 0. The van der Waals surface area contributed by atoms with Crippen LogP contribution < -0.4 is 0 Å². The van der Waals surface area contributed by atoms with E-state index >= 15 is 0 Å². The molecule has 3 heteroatoms. The van der Waals surface area contributed by atoms with Gasteiger partial charge in [-0.3, -0.25) is 4.79 Å². The Morgan fingerprint density at radius 1 is 1.22 bits per heavy atom. The topological polar surface area (TPSA) is 26.3 Å². The summed E-state index contributed by atoms with van der Waals surface area (Å²) < 4.78 is 6.29. The molecule has 0 unspecified atom stereocenters. The molecule has 0 radical (unpaired) electrons. The maximum Gasteiger partial charge on any atom is 0.184 e. The van der Waals surface area contributed by atoms with Crippen LogP contribution in [-0.2, 0) is 9.22 Å². The van der Waals surface area contributed by atoms with Crippen LogP contribution >= 0.6 is 0 Å². The molecule has 0 heterocycles. The van der Waals surface area contributed by atoms with Gasteiger partial charge in [-0.25, -0.2) is 0 Å². The molecule has 0 aromatic rings. The van der Waals surface area contributed by atoms with Crippen LogP contribution in [0.3, 0.4) is 0 Å². The highest BCUT2D eigenvalue weighted by Gasteiger charge is 2.55. The Balaban J connectivity index is 2.21. The van der Waals surface area contributed by atoms with Gasteiger partial charge in [0.25, 0.3) is 0 Å². The number of ketones is 1. The zero-order valence-corrected chi connectivity index (χ0v) is 13.8. The van der Waals surface area contributed by atoms with Gasteiger partial charge in [-0.1, -0.05) is 20.8 Å². The van der Waals surface area contributed by atoms with Crippen LogP contribution in [0.5, 0.6) is 0 Å². The molecule has 0 aromatic heterocycles. The van der Waals surface area contributed by atoms with E-state index in [1.54, 1.807) is 0 Å². The number of carbonyl (C=O) groups excluding carboxylic acids is 1. The third kappa shape index (κ3) is 2.72. The fraction of sp³-hybridized carbons (Fsp3) is 0.933. The maximum atomic E-state index is 12.5. The minimum atomic E-state index is -1.55. The van der Waals surface area contributed by atoms with Crippen LogP contribution in [-0.4, -0.2) is 20.2 Å². The van der Waals surface area contributed by atoms with Gasteiger partial charge in [-0.2, -0.15) is 0 Å². The molecule has 2 aliphatic carbocycles. The van der Waals surface area contributed by atoms with Crippen molar-refractivity contribution in [1.82, 2.24) is 0 Å². The lowest BCUT2D eigenvalue weighted by molar-refractivity contribution is -0.137. The number of rotatable bonds is 2. The van der Waals surface area contributed by atoms with Crippen LogP contribution in [0.2, 0.25) is 19.6 Å². The molecule has 0 saturated heterocycles. The number of carbonyl (C=O) groups is 1. The molecule has 2 rings (SSSR count). The molecule has 0 spiro atoms. The van der Waals surface area contributed by atoms with Crippen molar-refractivity contribution in [2.45, 2.75) is 72.2 Å². The second-order valence-electron chi connectivity index (χ2n) is 8.42. The molecule has 3 atom stereocenters. The quantitative estimate of drug-likeness (QED) is 0.707. The molecule has 0 aromatic carbocycles. The molecule has 2 fully saturated rings. The van der Waals surface area contributed by atoms with Gasteiger partial charge in [0.2, 0.25) is 0 Å². The maximum absolute atomic E-state index is 12.5. The van der Waals surface area contributed by atoms with Crippen molar-refractivity contribution in [3.8, 4) is 0 Å². The Hall–Kier alpha value is -0.153. The van der Waals surface area contributed by atoms with Crippen molar-refractivity contribution in [3.05, 3.63) is 0 Å². The third-order valence-electron chi connectivity index (χ3n) is 4.51. The lowest BCUT2D eigenvalue weighted by atomic mass is 9.59. The van der Waals surface area contributed by atoms with Gasteiger partial charge in [-0.15, -0.1) is 0 Å². The molecule has 2 nitrogen and oxygen atoms in total. The van der Waals surface area contributed by atoms with E-state index in [1.165, 1.54) is 6.42 Å². The van der Waals surface area contributed by atoms with E-state index in [9.17, 15) is 4.79 Å². The van der Waals surface area contributed by atoms with E-state index in [-0.39, 0.29) is 22.9 Å². The second-order valence-corrected chi connectivity index (χ2v) is 12.9. The zero-order chi connectivity index (χ0) is 13.8. The summed E-state index contributed by atoms with van der Waals surface area (Å²) in [5.41, 5.74) is 0.361. The van der Waals surface area contributed by atoms with Crippen molar-refractivity contribution in [2.24, 2.45) is 16.7 Å². The van der Waals surface area contributed by atoms with E-state index in [2.05, 4.69) is 40.4 Å². The molecule has 2 saturated carbocycles. The van der Waals surface area contributed by atoms with E-state index in [0.29, 0.717) is 5.78 Å². The first-order valence-corrected chi connectivity index (χ1v) is 10.6. The van der Waals surface area contributed by atoms with Crippen LogP contribution in [0, 0.1) is 16.7 Å². The fourth-order valence-electron chi connectivity index (χ4n) is 4.36. The summed E-state index contributed by atoms with van der Waals surface area (Å²) in [6.45, 7) is 13.4. The van der Waals surface area contributed by atoms with Crippen molar-refractivity contribution in [3.63, 3.8) is 0 Å². The summed E-state index contributed by atoms with van der Waals surface area (Å²) in [7, 11) is -1.55. The van der Waals surface area contributed by atoms with Gasteiger partial charge in [0.05, 0.1) is 6.10 Å². The van der Waals surface area contributed by atoms with Gasteiger partial charge in [-0.05, 0) is 49.7 Å². The molecule has 0 aliphatic heterocycles.